The molecule has 2 aromatic rings. The lowest BCUT2D eigenvalue weighted by molar-refractivity contribution is 0.0300. The molecule has 0 saturated carbocycles. The Morgan fingerprint density at radius 3 is 3.07 bits per heavy atom. The largest absolute Gasteiger partial charge is 0.370 e. The van der Waals surface area contributed by atoms with Gasteiger partial charge in [0.05, 0.1) is 6.61 Å². The van der Waals surface area contributed by atoms with Gasteiger partial charge in [-0.2, -0.15) is 0 Å². The predicted molar refractivity (Wildman–Crippen MR) is 63.4 cm³/mol. The highest BCUT2D eigenvalue weighted by Gasteiger charge is 2.17. The van der Waals surface area contributed by atoms with Gasteiger partial charge in [0.1, 0.15) is 6.10 Å². The number of nitrogens with one attached hydrogen (secondary N) is 1. The van der Waals surface area contributed by atoms with Gasteiger partial charge in [-0.1, -0.05) is 18.2 Å². The fraction of sp³-hybridized carbons (Fsp3) is 0.333. The maximum atomic E-state index is 5.74. The van der Waals surface area contributed by atoms with Crippen LogP contribution in [0.15, 0.2) is 30.3 Å². The second kappa shape index (κ2) is 3.93. The SMILES string of the molecule is c1ccc2sc([C@@H]3CNCCO3)cc2c1. The molecule has 0 bridgehead atoms. The Morgan fingerprint density at radius 2 is 2.27 bits per heavy atom. The highest BCUT2D eigenvalue weighted by molar-refractivity contribution is 7.19. The summed E-state index contributed by atoms with van der Waals surface area (Å²) in [6, 6.07) is 10.7. The molecule has 1 aliphatic rings. The third kappa shape index (κ3) is 1.78. The van der Waals surface area contributed by atoms with E-state index in [0.717, 1.165) is 19.7 Å². The first-order valence-corrected chi connectivity index (χ1v) is 6.06. The Bertz CT molecular complexity index is 426. The van der Waals surface area contributed by atoms with Crippen molar-refractivity contribution in [1.82, 2.24) is 5.32 Å². The number of benzene rings is 1. The maximum Gasteiger partial charge on any atom is 0.104 e. The van der Waals surface area contributed by atoms with Crippen molar-refractivity contribution in [2.75, 3.05) is 19.7 Å². The van der Waals surface area contributed by atoms with Crippen molar-refractivity contribution < 1.29 is 4.74 Å². The molecule has 0 spiro atoms. The molecular formula is C12H13NOS. The molecule has 1 aromatic heterocycles. The molecule has 2 nitrogen and oxygen atoms in total. The molecule has 15 heavy (non-hydrogen) atoms. The van der Waals surface area contributed by atoms with Crippen molar-refractivity contribution >= 4 is 21.4 Å². The van der Waals surface area contributed by atoms with Gasteiger partial charge in [0.15, 0.2) is 0 Å². The average Bonchev–Trinajstić information content (AvgIpc) is 2.74. The molecule has 1 atom stereocenters. The Labute approximate surface area is 92.9 Å². The summed E-state index contributed by atoms with van der Waals surface area (Å²) in [5.74, 6) is 0. The maximum absolute atomic E-state index is 5.74. The van der Waals surface area contributed by atoms with Gasteiger partial charge in [0, 0.05) is 22.7 Å². The summed E-state index contributed by atoms with van der Waals surface area (Å²) >= 11 is 1.84. The topological polar surface area (TPSA) is 21.3 Å². The number of hydrogen-bond donors (Lipinski definition) is 1. The minimum absolute atomic E-state index is 0.246. The number of morpholine rings is 1. The molecular weight excluding hydrogens is 206 g/mol. The number of fused-ring (bicyclic) bond motifs is 1. The first-order chi connectivity index (χ1) is 7.43. The molecule has 1 aromatic carbocycles. The van der Waals surface area contributed by atoms with Crippen LogP contribution in [0.25, 0.3) is 10.1 Å². The standard InChI is InChI=1S/C12H13NOS/c1-2-4-11-9(3-1)7-12(15-11)10-8-13-5-6-14-10/h1-4,7,10,13H,5-6,8H2/t10-/m0/s1. The second-order valence-corrected chi connectivity index (χ2v) is 4.87. The van der Waals surface area contributed by atoms with Crippen LogP contribution in [0.4, 0.5) is 0 Å². The lowest BCUT2D eigenvalue weighted by Gasteiger charge is -2.22. The van der Waals surface area contributed by atoms with Crippen LogP contribution in [-0.2, 0) is 4.74 Å². The number of thiophene rings is 1. The number of rotatable bonds is 1. The summed E-state index contributed by atoms with van der Waals surface area (Å²) < 4.78 is 7.09. The van der Waals surface area contributed by atoms with Crippen LogP contribution in [0.3, 0.4) is 0 Å². The Balaban J connectivity index is 1.96. The summed E-state index contributed by atoms with van der Waals surface area (Å²) in [6.45, 7) is 2.73. The van der Waals surface area contributed by atoms with Gasteiger partial charge in [-0.05, 0) is 17.5 Å². The van der Waals surface area contributed by atoms with Crippen LogP contribution in [0.2, 0.25) is 0 Å². The molecule has 0 radical (unpaired) electrons. The van der Waals surface area contributed by atoms with E-state index in [4.69, 9.17) is 4.74 Å². The van der Waals surface area contributed by atoms with Gasteiger partial charge in [-0.25, -0.2) is 0 Å². The molecule has 3 rings (SSSR count). The van der Waals surface area contributed by atoms with Crippen molar-refractivity contribution in [3.8, 4) is 0 Å². The fourth-order valence-corrected chi connectivity index (χ4v) is 3.02. The van der Waals surface area contributed by atoms with Gasteiger partial charge in [0.2, 0.25) is 0 Å². The summed E-state index contributed by atoms with van der Waals surface area (Å²) in [5, 5.41) is 4.68. The highest BCUT2D eigenvalue weighted by atomic mass is 32.1. The minimum atomic E-state index is 0.246. The van der Waals surface area contributed by atoms with Gasteiger partial charge in [-0.15, -0.1) is 11.3 Å². The first kappa shape index (κ1) is 9.33. The molecule has 3 heteroatoms. The molecule has 2 heterocycles. The minimum Gasteiger partial charge on any atom is -0.370 e. The monoisotopic (exact) mass is 219 g/mol. The normalized spacial score (nSPS) is 22.0. The van der Waals surface area contributed by atoms with Gasteiger partial charge >= 0.3 is 0 Å². The summed E-state index contributed by atoms with van der Waals surface area (Å²) in [4.78, 5) is 1.34. The summed E-state index contributed by atoms with van der Waals surface area (Å²) in [7, 11) is 0. The lowest BCUT2D eigenvalue weighted by atomic mass is 10.2. The van der Waals surface area contributed by atoms with Crippen LogP contribution >= 0.6 is 11.3 Å². The van der Waals surface area contributed by atoms with E-state index in [0.29, 0.717) is 0 Å². The number of hydrogen-bond acceptors (Lipinski definition) is 3. The second-order valence-electron chi connectivity index (χ2n) is 3.75. The third-order valence-electron chi connectivity index (χ3n) is 2.69. The molecule has 0 amide bonds. The molecule has 1 saturated heterocycles. The first-order valence-electron chi connectivity index (χ1n) is 5.24. The van der Waals surface area contributed by atoms with Crippen LogP contribution in [0, 0.1) is 0 Å². The van der Waals surface area contributed by atoms with E-state index in [-0.39, 0.29) is 6.10 Å². The predicted octanol–water partition coefficient (Wildman–Crippen LogP) is 2.56. The zero-order valence-electron chi connectivity index (χ0n) is 8.40. The van der Waals surface area contributed by atoms with Crippen LogP contribution < -0.4 is 5.32 Å². The van der Waals surface area contributed by atoms with Gasteiger partial charge in [0.25, 0.3) is 0 Å². The van der Waals surface area contributed by atoms with E-state index in [1.165, 1.54) is 15.0 Å². The molecule has 0 unspecified atom stereocenters. The summed E-state index contributed by atoms with van der Waals surface area (Å²) in [5.41, 5.74) is 0. The van der Waals surface area contributed by atoms with Crippen molar-refractivity contribution in [2.24, 2.45) is 0 Å². The molecule has 1 N–H and O–H groups in total. The van der Waals surface area contributed by atoms with E-state index in [1.54, 1.807) is 0 Å². The van der Waals surface area contributed by atoms with E-state index in [9.17, 15) is 0 Å². The molecule has 1 fully saturated rings. The fourth-order valence-electron chi connectivity index (χ4n) is 1.91. The van der Waals surface area contributed by atoms with E-state index in [1.807, 2.05) is 11.3 Å². The lowest BCUT2D eigenvalue weighted by Crippen LogP contribution is -2.32. The zero-order valence-corrected chi connectivity index (χ0v) is 9.22. The van der Waals surface area contributed by atoms with E-state index < -0.39 is 0 Å². The molecule has 1 aliphatic heterocycles. The van der Waals surface area contributed by atoms with Crippen LogP contribution in [0.5, 0.6) is 0 Å². The van der Waals surface area contributed by atoms with E-state index in [2.05, 4.69) is 35.6 Å². The van der Waals surface area contributed by atoms with Crippen LogP contribution in [0.1, 0.15) is 11.0 Å². The third-order valence-corrected chi connectivity index (χ3v) is 3.90. The Morgan fingerprint density at radius 1 is 1.33 bits per heavy atom. The van der Waals surface area contributed by atoms with Crippen molar-refractivity contribution in [2.45, 2.75) is 6.10 Å². The van der Waals surface area contributed by atoms with Crippen molar-refractivity contribution in [3.05, 3.63) is 35.2 Å². The number of ether oxygens (including phenoxy) is 1. The van der Waals surface area contributed by atoms with Crippen molar-refractivity contribution in [3.63, 3.8) is 0 Å². The van der Waals surface area contributed by atoms with Gasteiger partial charge < -0.3 is 10.1 Å². The summed E-state index contributed by atoms with van der Waals surface area (Å²) in [6.07, 6.45) is 0.246. The quantitative estimate of drug-likeness (QED) is 0.796. The van der Waals surface area contributed by atoms with Crippen molar-refractivity contribution in [1.29, 1.82) is 0 Å². The Kier molecular flexibility index (Phi) is 2.44. The Hall–Kier alpha value is -0.900. The van der Waals surface area contributed by atoms with Gasteiger partial charge in [-0.3, -0.25) is 0 Å². The average molecular weight is 219 g/mol. The van der Waals surface area contributed by atoms with Crippen LogP contribution in [-0.4, -0.2) is 19.7 Å². The molecule has 78 valence electrons. The van der Waals surface area contributed by atoms with E-state index >= 15 is 0 Å². The zero-order chi connectivity index (χ0) is 10.1. The highest BCUT2D eigenvalue weighted by Crippen LogP contribution is 2.31. The smallest absolute Gasteiger partial charge is 0.104 e. The molecule has 0 aliphatic carbocycles.